The molecule has 0 bridgehead atoms. The van der Waals surface area contributed by atoms with Crippen LogP contribution in [-0.4, -0.2) is 17.1 Å². The van der Waals surface area contributed by atoms with Gasteiger partial charge < -0.3 is 5.11 Å². The Morgan fingerprint density at radius 1 is 1.21 bits per heavy atom. The van der Waals surface area contributed by atoms with Gasteiger partial charge in [0.05, 0.1) is 9.09 Å². The van der Waals surface area contributed by atoms with E-state index >= 15 is 0 Å². The zero-order valence-electron chi connectivity index (χ0n) is 17.5. The van der Waals surface area contributed by atoms with Crippen LogP contribution in [0.5, 0.6) is 5.75 Å². The monoisotopic (exact) mass is 414 g/mol. The van der Waals surface area contributed by atoms with Gasteiger partial charge in [0.25, 0.3) is 0 Å². The first-order chi connectivity index (χ1) is 13.3. The van der Waals surface area contributed by atoms with Gasteiger partial charge >= 0.3 is 0 Å². The predicted octanol–water partition coefficient (Wildman–Crippen LogP) is 6.98. The van der Waals surface area contributed by atoms with E-state index in [1.54, 1.807) is 29.2 Å². The van der Waals surface area contributed by atoms with Crippen molar-refractivity contribution in [3.05, 3.63) is 50.9 Å². The predicted molar refractivity (Wildman–Crippen MR) is 122 cm³/mol. The fraction of sp³-hybridized carbons (Fsp3) is 0.458. The highest BCUT2D eigenvalue weighted by atomic mass is 32.2. The number of fused-ring (bicyclic) bond motifs is 1. The standard InChI is InChI=1S/C24H30O2S2/c1-6-24(7-2)11-10-18-19(14-24)23(27-5)28-22(18)20(25)9-8-17-12-15(3)21(26)16(4)13-17/h8-9,12-13,26H,6-7,10-11,14H2,1-5H3/b9-8+. The van der Waals surface area contributed by atoms with E-state index in [9.17, 15) is 9.90 Å². The number of benzene rings is 1. The first-order valence-corrected chi connectivity index (χ1v) is 12.1. The maximum atomic E-state index is 13.0. The number of aromatic hydroxyl groups is 1. The average molecular weight is 415 g/mol. The molecule has 1 N–H and O–H groups in total. The van der Waals surface area contributed by atoms with Gasteiger partial charge in [-0.3, -0.25) is 4.79 Å². The van der Waals surface area contributed by atoms with Crippen LogP contribution in [-0.2, 0) is 12.8 Å². The minimum atomic E-state index is 0.102. The third-order valence-electron chi connectivity index (χ3n) is 6.39. The van der Waals surface area contributed by atoms with Crippen LogP contribution in [0, 0.1) is 19.3 Å². The van der Waals surface area contributed by atoms with Gasteiger partial charge in [-0.05, 0) is 90.8 Å². The molecule has 1 aliphatic carbocycles. The number of ketones is 1. The van der Waals surface area contributed by atoms with E-state index in [2.05, 4.69) is 20.1 Å². The molecule has 0 fully saturated rings. The minimum Gasteiger partial charge on any atom is -0.507 e. The maximum absolute atomic E-state index is 13.0. The zero-order chi connectivity index (χ0) is 20.5. The first kappa shape index (κ1) is 21.2. The topological polar surface area (TPSA) is 37.3 Å². The van der Waals surface area contributed by atoms with Crippen molar-refractivity contribution >= 4 is 35.0 Å². The number of thioether (sulfide) groups is 1. The molecule has 0 atom stereocenters. The third-order valence-corrected chi connectivity index (χ3v) is 8.84. The van der Waals surface area contributed by atoms with Gasteiger partial charge in [0.15, 0.2) is 5.78 Å². The lowest BCUT2D eigenvalue weighted by Gasteiger charge is -2.36. The SMILES string of the molecule is CCC1(CC)CCc2c(C(=O)/C=C/c3cc(C)c(O)c(C)c3)sc(SC)c2C1. The molecule has 1 aromatic heterocycles. The summed E-state index contributed by atoms with van der Waals surface area (Å²) < 4.78 is 1.31. The van der Waals surface area contributed by atoms with E-state index in [1.165, 1.54) is 34.6 Å². The molecule has 0 saturated heterocycles. The lowest BCUT2D eigenvalue weighted by molar-refractivity contribution is 0.104. The van der Waals surface area contributed by atoms with Crippen LogP contribution in [0.15, 0.2) is 22.4 Å². The number of rotatable bonds is 6. The molecule has 0 radical (unpaired) electrons. The molecule has 0 spiro atoms. The van der Waals surface area contributed by atoms with E-state index in [1.807, 2.05) is 32.1 Å². The van der Waals surface area contributed by atoms with Crippen LogP contribution in [0.25, 0.3) is 6.08 Å². The fourth-order valence-electron chi connectivity index (χ4n) is 4.32. The van der Waals surface area contributed by atoms with Gasteiger partial charge in [-0.2, -0.15) is 0 Å². The number of hydrogen-bond donors (Lipinski definition) is 1. The highest BCUT2D eigenvalue weighted by molar-refractivity contribution is 8.00. The lowest BCUT2D eigenvalue weighted by atomic mass is 9.69. The summed E-state index contributed by atoms with van der Waals surface area (Å²) in [4.78, 5) is 13.9. The summed E-state index contributed by atoms with van der Waals surface area (Å²) in [7, 11) is 0. The Balaban J connectivity index is 1.91. The van der Waals surface area contributed by atoms with Crippen LogP contribution in [0.4, 0.5) is 0 Å². The molecule has 0 amide bonds. The maximum Gasteiger partial charge on any atom is 0.196 e. The molecule has 1 aromatic carbocycles. The summed E-state index contributed by atoms with van der Waals surface area (Å²) in [6.45, 7) is 8.37. The number of aryl methyl sites for hydroxylation is 2. The Kier molecular flexibility index (Phi) is 6.41. The van der Waals surface area contributed by atoms with Crippen molar-refractivity contribution in [3.8, 4) is 5.75 Å². The van der Waals surface area contributed by atoms with Crippen molar-refractivity contribution in [2.24, 2.45) is 5.41 Å². The number of phenolic OH excluding ortho intramolecular Hbond substituents is 1. The Hall–Kier alpha value is -1.52. The molecule has 1 aliphatic rings. The van der Waals surface area contributed by atoms with Crippen LogP contribution in [0.1, 0.15) is 70.6 Å². The number of allylic oxidation sites excluding steroid dienone is 1. The molecular formula is C24H30O2S2. The minimum absolute atomic E-state index is 0.102. The van der Waals surface area contributed by atoms with E-state index in [0.717, 1.165) is 34.4 Å². The summed E-state index contributed by atoms with van der Waals surface area (Å²) in [5.74, 6) is 0.432. The average Bonchev–Trinajstić information content (AvgIpc) is 3.07. The molecule has 1 heterocycles. The van der Waals surface area contributed by atoms with Crippen molar-refractivity contribution in [2.75, 3.05) is 6.26 Å². The zero-order valence-corrected chi connectivity index (χ0v) is 19.1. The largest absolute Gasteiger partial charge is 0.507 e. The molecular weight excluding hydrogens is 384 g/mol. The van der Waals surface area contributed by atoms with Gasteiger partial charge in [0, 0.05) is 0 Å². The van der Waals surface area contributed by atoms with Crippen LogP contribution >= 0.6 is 23.1 Å². The smallest absolute Gasteiger partial charge is 0.196 e. The normalized spacial score (nSPS) is 15.8. The Morgan fingerprint density at radius 3 is 2.43 bits per heavy atom. The van der Waals surface area contributed by atoms with E-state index < -0.39 is 0 Å². The second-order valence-corrected chi connectivity index (χ2v) is 10.1. The highest BCUT2D eigenvalue weighted by Crippen LogP contribution is 2.47. The summed E-state index contributed by atoms with van der Waals surface area (Å²) in [6.07, 6.45) is 11.4. The molecule has 28 heavy (non-hydrogen) atoms. The molecule has 0 unspecified atom stereocenters. The number of carbonyl (C=O) groups excluding carboxylic acids is 1. The second-order valence-electron chi connectivity index (χ2n) is 7.96. The molecule has 2 nitrogen and oxygen atoms in total. The number of hydrogen-bond acceptors (Lipinski definition) is 4. The molecule has 4 heteroatoms. The van der Waals surface area contributed by atoms with Gasteiger partial charge in [-0.15, -0.1) is 23.1 Å². The molecule has 0 aliphatic heterocycles. The van der Waals surface area contributed by atoms with Gasteiger partial charge in [-0.1, -0.05) is 32.8 Å². The van der Waals surface area contributed by atoms with E-state index in [4.69, 9.17) is 0 Å². The Morgan fingerprint density at radius 2 is 1.86 bits per heavy atom. The molecule has 0 saturated carbocycles. The van der Waals surface area contributed by atoms with Gasteiger partial charge in [0.2, 0.25) is 0 Å². The number of thiophene rings is 1. The van der Waals surface area contributed by atoms with Gasteiger partial charge in [0.1, 0.15) is 5.75 Å². The van der Waals surface area contributed by atoms with Crippen LogP contribution in [0.2, 0.25) is 0 Å². The van der Waals surface area contributed by atoms with Crippen LogP contribution < -0.4 is 0 Å². The summed E-state index contributed by atoms with van der Waals surface area (Å²) in [5, 5.41) is 9.94. The Bertz CT molecular complexity index is 894. The van der Waals surface area contributed by atoms with Crippen molar-refractivity contribution in [1.29, 1.82) is 0 Å². The van der Waals surface area contributed by atoms with Crippen molar-refractivity contribution in [2.45, 2.75) is 64.0 Å². The summed E-state index contributed by atoms with van der Waals surface area (Å²) in [6, 6.07) is 3.83. The second kappa shape index (κ2) is 8.46. The summed E-state index contributed by atoms with van der Waals surface area (Å²) >= 11 is 3.45. The molecule has 3 rings (SSSR count). The summed E-state index contributed by atoms with van der Waals surface area (Å²) in [5.41, 5.74) is 5.74. The number of phenols is 1. The third kappa shape index (κ3) is 3.95. The molecule has 150 valence electrons. The van der Waals surface area contributed by atoms with Crippen molar-refractivity contribution < 1.29 is 9.90 Å². The first-order valence-electron chi connectivity index (χ1n) is 10.0. The van der Waals surface area contributed by atoms with Crippen molar-refractivity contribution in [3.63, 3.8) is 0 Å². The van der Waals surface area contributed by atoms with Gasteiger partial charge in [-0.25, -0.2) is 0 Å². The lowest BCUT2D eigenvalue weighted by Crippen LogP contribution is -2.27. The quantitative estimate of drug-likeness (QED) is 0.315. The molecule has 2 aromatic rings. The fourth-order valence-corrected chi connectivity index (χ4v) is 6.37. The van der Waals surface area contributed by atoms with E-state index in [0.29, 0.717) is 11.2 Å². The van der Waals surface area contributed by atoms with E-state index in [-0.39, 0.29) is 5.78 Å². The van der Waals surface area contributed by atoms with Crippen molar-refractivity contribution in [1.82, 2.24) is 0 Å². The number of carbonyl (C=O) groups is 1. The Labute approximate surface area is 177 Å². The van der Waals surface area contributed by atoms with Crippen LogP contribution in [0.3, 0.4) is 0 Å². The highest BCUT2D eigenvalue weighted by Gasteiger charge is 2.35.